The molecule has 0 aliphatic heterocycles. The summed E-state index contributed by atoms with van der Waals surface area (Å²) in [5, 5.41) is 16.4. The fourth-order valence-corrected chi connectivity index (χ4v) is 3.07. The summed E-state index contributed by atoms with van der Waals surface area (Å²) in [6.07, 6.45) is 7.58. The van der Waals surface area contributed by atoms with Crippen LogP contribution in [0.3, 0.4) is 0 Å². The number of rotatable bonds is 7. The quantitative estimate of drug-likeness (QED) is 0.321. The predicted octanol–water partition coefficient (Wildman–Crippen LogP) is 4.50. The topological polar surface area (TPSA) is 129 Å². The Morgan fingerprint density at radius 2 is 2.03 bits per heavy atom. The SMILES string of the molecule is Cc1cc(Nc2cnc(NC(=O)NCc3cccc(-c4ncco4)c3)cc2C=N)ccn1. The normalized spacial score (nSPS) is 10.4. The van der Waals surface area contributed by atoms with Crippen LogP contribution in [0, 0.1) is 12.3 Å². The van der Waals surface area contributed by atoms with E-state index in [-0.39, 0.29) is 0 Å². The predicted molar refractivity (Wildman–Crippen MR) is 122 cm³/mol. The smallest absolute Gasteiger partial charge is 0.320 e. The lowest BCUT2D eigenvalue weighted by molar-refractivity contribution is 0.251. The van der Waals surface area contributed by atoms with Crippen LogP contribution in [-0.4, -0.2) is 27.2 Å². The van der Waals surface area contributed by atoms with Gasteiger partial charge in [-0.15, -0.1) is 0 Å². The zero-order valence-electron chi connectivity index (χ0n) is 17.3. The Kier molecular flexibility index (Phi) is 6.17. The fraction of sp³-hybridized carbons (Fsp3) is 0.0870. The monoisotopic (exact) mass is 427 g/mol. The van der Waals surface area contributed by atoms with E-state index in [1.54, 1.807) is 24.7 Å². The van der Waals surface area contributed by atoms with Crippen LogP contribution in [0.2, 0.25) is 0 Å². The van der Waals surface area contributed by atoms with E-state index in [0.717, 1.165) is 22.5 Å². The van der Waals surface area contributed by atoms with Gasteiger partial charge in [-0.3, -0.25) is 10.3 Å². The highest BCUT2D eigenvalue weighted by Gasteiger charge is 2.09. The molecule has 0 unspecified atom stereocenters. The molecule has 4 aromatic rings. The minimum absolute atomic E-state index is 0.318. The lowest BCUT2D eigenvalue weighted by Crippen LogP contribution is -2.28. The summed E-state index contributed by atoms with van der Waals surface area (Å²) in [6.45, 7) is 2.22. The summed E-state index contributed by atoms with van der Waals surface area (Å²) in [5.74, 6) is 0.862. The molecule has 1 aromatic carbocycles. The number of carbonyl (C=O) groups excluding carboxylic acids is 1. The number of nitrogens with one attached hydrogen (secondary N) is 4. The lowest BCUT2D eigenvalue weighted by atomic mass is 10.1. The maximum atomic E-state index is 12.3. The number of benzene rings is 1. The van der Waals surface area contributed by atoms with Crippen molar-refractivity contribution in [1.82, 2.24) is 20.3 Å². The zero-order valence-corrected chi connectivity index (χ0v) is 17.3. The Labute approximate surface area is 184 Å². The second-order valence-electron chi connectivity index (χ2n) is 6.96. The number of urea groups is 1. The van der Waals surface area contributed by atoms with Gasteiger partial charge in [0.05, 0.1) is 18.1 Å². The molecule has 2 amide bonds. The van der Waals surface area contributed by atoms with Gasteiger partial charge in [-0.05, 0) is 42.8 Å². The molecule has 4 N–H and O–H groups in total. The van der Waals surface area contributed by atoms with Gasteiger partial charge in [-0.25, -0.2) is 14.8 Å². The van der Waals surface area contributed by atoms with Gasteiger partial charge in [-0.2, -0.15) is 0 Å². The van der Waals surface area contributed by atoms with Crippen molar-refractivity contribution in [2.45, 2.75) is 13.5 Å². The summed E-state index contributed by atoms with van der Waals surface area (Å²) < 4.78 is 5.31. The number of hydrogen-bond acceptors (Lipinski definition) is 7. The maximum absolute atomic E-state index is 12.3. The first-order valence-electron chi connectivity index (χ1n) is 9.84. The van der Waals surface area contributed by atoms with Gasteiger partial charge in [0.2, 0.25) is 5.89 Å². The van der Waals surface area contributed by atoms with Crippen molar-refractivity contribution in [3.63, 3.8) is 0 Å². The Morgan fingerprint density at radius 3 is 2.81 bits per heavy atom. The van der Waals surface area contributed by atoms with Crippen LogP contribution in [0.4, 0.5) is 22.0 Å². The van der Waals surface area contributed by atoms with Gasteiger partial charge in [0.25, 0.3) is 0 Å². The average Bonchev–Trinajstić information content (AvgIpc) is 3.34. The second kappa shape index (κ2) is 9.52. The first-order valence-corrected chi connectivity index (χ1v) is 9.84. The molecule has 0 fully saturated rings. The Bertz CT molecular complexity index is 1240. The molecule has 3 heterocycles. The molecule has 4 rings (SSSR count). The summed E-state index contributed by atoms with van der Waals surface area (Å²) >= 11 is 0. The number of nitrogens with zero attached hydrogens (tertiary/aromatic N) is 3. The van der Waals surface area contributed by atoms with E-state index in [1.165, 1.54) is 12.5 Å². The van der Waals surface area contributed by atoms with E-state index in [9.17, 15) is 4.79 Å². The number of amides is 2. The van der Waals surface area contributed by atoms with Crippen molar-refractivity contribution in [3.05, 3.63) is 84.1 Å². The van der Waals surface area contributed by atoms with Crippen molar-refractivity contribution in [2.24, 2.45) is 0 Å². The van der Waals surface area contributed by atoms with Crippen LogP contribution in [0.15, 0.2) is 71.7 Å². The molecule has 160 valence electrons. The van der Waals surface area contributed by atoms with E-state index in [2.05, 4.69) is 30.9 Å². The van der Waals surface area contributed by atoms with Gasteiger partial charge in [-0.1, -0.05) is 12.1 Å². The highest BCUT2D eigenvalue weighted by molar-refractivity contribution is 5.92. The third-order valence-electron chi connectivity index (χ3n) is 4.57. The van der Waals surface area contributed by atoms with Crippen molar-refractivity contribution >= 4 is 29.4 Å². The Hall–Kier alpha value is -4.53. The minimum Gasteiger partial charge on any atom is -0.445 e. The van der Waals surface area contributed by atoms with E-state index in [0.29, 0.717) is 29.5 Å². The summed E-state index contributed by atoms with van der Waals surface area (Å²) in [6, 6.07) is 12.5. The van der Waals surface area contributed by atoms with Crippen LogP contribution in [-0.2, 0) is 6.54 Å². The molecule has 32 heavy (non-hydrogen) atoms. The Morgan fingerprint density at radius 1 is 1.12 bits per heavy atom. The van der Waals surface area contributed by atoms with Crippen molar-refractivity contribution in [1.29, 1.82) is 5.41 Å². The van der Waals surface area contributed by atoms with Gasteiger partial charge >= 0.3 is 6.03 Å². The number of oxazole rings is 1. The maximum Gasteiger partial charge on any atom is 0.320 e. The number of anilines is 3. The van der Waals surface area contributed by atoms with Crippen LogP contribution < -0.4 is 16.0 Å². The molecule has 0 saturated heterocycles. The molecule has 0 bridgehead atoms. The summed E-state index contributed by atoms with van der Waals surface area (Å²) in [7, 11) is 0. The van der Waals surface area contributed by atoms with E-state index < -0.39 is 6.03 Å². The largest absolute Gasteiger partial charge is 0.445 e. The molecule has 0 spiro atoms. The number of carbonyl (C=O) groups is 1. The molecule has 3 aromatic heterocycles. The van der Waals surface area contributed by atoms with E-state index in [4.69, 9.17) is 9.83 Å². The number of aromatic nitrogens is 3. The second-order valence-corrected chi connectivity index (χ2v) is 6.96. The van der Waals surface area contributed by atoms with Crippen LogP contribution in [0.1, 0.15) is 16.8 Å². The lowest BCUT2D eigenvalue weighted by Gasteiger charge is -2.12. The molecule has 0 radical (unpaired) electrons. The summed E-state index contributed by atoms with van der Waals surface area (Å²) in [5.41, 5.74) is 4.69. The Balaban J connectivity index is 1.38. The third-order valence-corrected chi connectivity index (χ3v) is 4.57. The number of hydrogen-bond donors (Lipinski definition) is 4. The molecule has 0 saturated carbocycles. The van der Waals surface area contributed by atoms with Crippen LogP contribution >= 0.6 is 0 Å². The van der Waals surface area contributed by atoms with Crippen LogP contribution in [0.25, 0.3) is 11.5 Å². The first-order chi connectivity index (χ1) is 15.6. The van der Waals surface area contributed by atoms with Gasteiger partial charge in [0.15, 0.2) is 0 Å². The zero-order chi connectivity index (χ0) is 22.3. The molecule has 0 aliphatic rings. The van der Waals surface area contributed by atoms with Crippen molar-refractivity contribution < 1.29 is 9.21 Å². The molecule has 0 aliphatic carbocycles. The van der Waals surface area contributed by atoms with Crippen molar-refractivity contribution in [3.8, 4) is 11.5 Å². The van der Waals surface area contributed by atoms with Crippen molar-refractivity contribution in [2.75, 3.05) is 10.6 Å². The molecule has 9 heteroatoms. The standard InChI is InChI=1S/C23H21N7O2/c1-15-9-19(5-6-25-15)29-20-14-27-21(11-18(20)12-24)30-23(31)28-13-16-3-2-4-17(10-16)22-26-7-8-32-22/h2-12,14,24H,13H2,1H3,(H,25,29)(H2,27,28,30,31). The van der Waals surface area contributed by atoms with Gasteiger partial charge in [0.1, 0.15) is 12.1 Å². The van der Waals surface area contributed by atoms with Gasteiger partial charge < -0.3 is 20.5 Å². The molecular formula is C23H21N7O2. The molecule has 0 atom stereocenters. The van der Waals surface area contributed by atoms with E-state index >= 15 is 0 Å². The van der Waals surface area contributed by atoms with Gasteiger partial charge in [0, 0.05) is 41.5 Å². The minimum atomic E-state index is -0.402. The summed E-state index contributed by atoms with van der Waals surface area (Å²) in [4.78, 5) is 24.9. The highest BCUT2D eigenvalue weighted by atomic mass is 16.3. The third kappa shape index (κ3) is 5.14. The fourth-order valence-electron chi connectivity index (χ4n) is 3.07. The number of aryl methyl sites for hydroxylation is 1. The van der Waals surface area contributed by atoms with Crippen LogP contribution in [0.5, 0.6) is 0 Å². The molecular weight excluding hydrogens is 406 g/mol. The number of pyridine rings is 2. The average molecular weight is 427 g/mol. The first kappa shape index (κ1) is 20.7. The molecule has 9 nitrogen and oxygen atoms in total. The van der Waals surface area contributed by atoms with E-state index in [1.807, 2.05) is 43.3 Å². The highest BCUT2D eigenvalue weighted by Crippen LogP contribution is 2.22.